The van der Waals surface area contributed by atoms with Crippen molar-refractivity contribution in [3.8, 4) is 5.75 Å². The van der Waals surface area contributed by atoms with Crippen molar-refractivity contribution in [3.63, 3.8) is 0 Å². The van der Waals surface area contributed by atoms with E-state index in [0.717, 1.165) is 36.3 Å². The van der Waals surface area contributed by atoms with Gasteiger partial charge in [0.2, 0.25) is 0 Å². The molecule has 6 nitrogen and oxygen atoms in total. The summed E-state index contributed by atoms with van der Waals surface area (Å²) >= 11 is 0. The van der Waals surface area contributed by atoms with Crippen molar-refractivity contribution < 1.29 is 10.0 Å². The topological polar surface area (TPSA) is 71.5 Å². The van der Waals surface area contributed by atoms with E-state index in [4.69, 9.17) is 0 Å². The second-order valence-corrected chi connectivity index (χ2v) is 6.83. The molecule has 1 aliphatic rings. The summed E-state index contributed by atoms with van der Waals surface area (Å²) in [5.74, 6) is 0.273. The molecule has 1 N–H and O–H groups in total. The van der Waals surface area contributed by atoms with Gasteiger partial charge < -0.3 is 9.67 Å². The fourth-order valence-electron chi connectivity index (χ4n) is 3.86. The Kier molecular flexibility index (Phi) is 4.64. The molecular formula is C21H21N3O3. The molecule has 0 aliphatic carbocycles. The van der Waals surface area contributed by atoms with E-state index < -0.39 is 0 Å². The molecular weight excluding hydrogens is 342 g/mol. The third-order valence-electron chi connectivity index (χ3n) is 5.12. The number of fused-ring (bicyclic) bond motifs is 1. The van der Waals surface area contributed by atoms with E-state index in [1.165, 1.54) is 6.07 Å². The van der Waals surface area contributed by atoms with Crippen LogP contribution in [0.3, 0.4) is 0 Å². The summed E-state index contributed by atoms with van der Waals surface area (Å²) in [5, 5.41) is 21.5. The second kappa shape index (κ2) is 7.25. The number of aryl methyl sites for hydroxylation is 1. The average molecular weight is 363 g/mol. The predicted octanol–water partition coefficient (Wildman–Crippen LogP) is 4.10. The van der Waals surface area contributed by atoms with Gasteiger partial charge in [0.05, 0.1) is 11.0 Å². The van der Waals surface area contributed by atoms with Crippen molar-refractivity contribution in [1.29, 1.82) is 0 Å². The zero-order valence-corrected chi connectivity index (χ0v) is 14.9. The Hall–Kier alpha value is -3.12. The number of hydrogen-bond acceptors (Lipinski definition) is 4. The number of hydrogen-bond donors (Lipinski definition) is 1. The molecule has 1 unspecified atom stereocenters. The van der Waals surface area contributed by atoms with Crippen LogP contribution in [-0.4, -0.2) is 26.0 Å². The summed E-state index contributed by atoms with van der Waals surface area (Å²) in [7, 11) is 0. The van der Waals surface area contributed by atoms with Crippen LogP contribution >= 0.6 is 0 Å². The van der Waals surface area contributed by atoms with E-state index in [0.29, 0.717) is 6.54 Å². The van der Waals surface area contributed by atoms with Crippen LogP contribution in [0.15, 0.2) is 66.9 Å². The van der Waals surface area contributed by atoms with Crippen molar-refractivity contribution in [2.24, 2.45) is 0 Å². The number of nitrogens with zero attached hydrogens (tertiary/aromatic N) is 3. The minimum Gasteiger partial charge on any atom is -0.508 e. The van der Waals surface area contributed by atoms with Crippen LogP contribution in [0.1, 0.15) is 29.3 Å². The summed E-state index contributed by atoms with van der Waals surface area (Å²) < 4.78 is 2.22. The molecule has 0 saturated heterocycles. The number of benzene rings is 2. The Bertz CT molecular complexity index is 967. The summed E-state index contributed by atoms with van der Waals surface area (Å²) in [6.07, 6.45) is 3.03. The molecule has 1 aromatic heterocycles. The van der Waals surface area contributed by atoms with Crippen LogP contribution in [0.2, 0.25) is 0 Å². The van der Waals surface area contributed by atoms with Crippen molar-refractivity contribution >= 4 is 5.69 Å². The van der Waals surface area contributed by atoms with Crippen molar-refractivity contribution in [1.82, 2.24) is 9.47 Å². The Labute approximate surface area is 157 Å². The molecule has 1 atom stereocenters. The zero-order valence-electron chi connectivity index (χ0n) is 14.9. The van der Waals surface area contributed by atoms with Gasteiger partial charge >= 0.3 is 0 Å². The van der Waals surface area contributed by atoms with E-state index >= 15 is 0 Å². The zero-order chi connectivity index (χ0) is 18.8. The Morgan fingerprint density at radius 1 is 1.07 bits per heavy atom. The molecule has 0 spiro atoms. The maximum Gasteiger partial charge on any atom is 0.269 e. The highest BCUT2D eigenvalue weighted by Gasteiger charge is 2.28. The third kappa shape index (κ3) is 3.44. The number of nitro benzene ring substituents is 1. The number of phenolic OH excluding ortho intramolecular Hbond substituents is 1. The number of phenols is 1. The third-order valence-corrected chi connectivity index (χ3v) is 5.12. The quantitative estimate of drug-likeness (QED) is 0.560. The van der Waals surface area contributed by atoms with Gasteiger partial charge in [0.1, 0.15) is 5.75 Å². The smallest absolute Gasteiger partial charge is 0.269 e. The minimum atomic E-state index is -0.355. The maximum absolute atomic E-state index is 11.3. The van der Waals surface area contributed by atoms with Gasteiger partial charge in [0.25, 0.3) is 5.69 Å². The molecule has 0 fully saturated rings. The molecule has 6 heteroatoms. The highest BCUT2D eigenvalue weighted by molar-refractivity contribution is 5.40. The number of para-hydroxylation sites is 1. The van der Waals surface area contributed by atoms with Crippen LogP contribution in [0, 0.1) is 10.1 Å². The molecule has 2 heterocycles. The molecule has 138 valence electrons. The van der Waals surface area contributed by atoms with Crippen molar-refractivity contribution in [2.75, 3.05) is 6.54 Å². The Morgan fingerprint density at radius 3 is 2.74 bits per heavy atom. The van der Waals surface area contributed by atoms with E-state index in [9.17, 15) is 15.2 Å². The lowest BCUT2D eigenvalue weighted by atomic mass is 10.0. The lowest BCUT2D eigenvalue weighted by molar-refractivity contribution is -0.384. The van der Waals surface area contributed by atoms with Crippen LogP contribution < -0.4 is 0 Å². The summed E-state index contributed by atoms with van der Waals surface area (Å²) in [6.45, 7) is 2.32. The van der Waals surface area contributed by atoms with E-state index in [1.54, 1.807) is 18.2 Å². The number of rotatable bonds is 4. The molecule has 0 bridgehead atoms. The minimum absolute atomic E-state index is 0.0948. The Morgan fingerprint density at radius 2 is 1.93 bits per heavy atom. The van der Waals surface area contributed by atoms with E-state index in [1.807, 2.05) is 30.3 Å². The van der Waals surface area contributed by atoms with E-state index in [-0.39, 0.29) is 22.4 Å². The van der Waals surface area contributed by atoms with Gasteiger partial charge in [-0.2, -0.15) is 0 Å². The van der Waals surface area contributed by atoms with Crippen LogP contribution in [-0.2, 0) is 13.1 Å². The average Bonchev–Trinajstić information content (AvgIpc) is 3.05. The highest BCUT2D eigenvalue weighted by Crippen LogP contribution is 2.35. The first-order valence-corrected chi connectivity index (χ1v) is 9.04. The molecule has 1 aliphatic heterocycles. The first-order valence-electron chi connectivity index (χ1n) is 9.04. The molecule has 2 aromatic carbocycles. The van der Waals surface area contributed by atoms with Gasteiger partial charge in [-0.1, -0.05) is 30.3 Å². The predicted molar refractivity (Wildman–Crippen MR) is 103 cm³/mol. The molecule has 4 rings (SSSR count). The first-order chi connectivity index (χ1) is 13.1. The lowest BCUT2D eigenvalue weighted by Crippen LogP contribution is -2.29. The van der Waals surface area contributed by atoms with Crippen LogP contribution in [0.25, 0.3) is 0 Å². The van der Waals surface area contributed by atoms with Gasteiger partial charge in [-0.15, -0.1) is 0 Å². The van der Waals surface area contributed by atoms with Gasteiger partial charge in [-0.05, 0) is 30.2 Å². The largest absolute Gasteiger partial charge is 0.508 e. The molecule has 3 aromatic rings. The Balaban J connectivity index is 1.78. The summed E-state index contributed by atoms with van der Waals surface area (Å²) in [6, 6.07) is 18.2. The van der Waals surface area contributed by atoms with Gasteiger partial charge in [-0.3, -0.25) is 15.0 Å². The molecule has 0 saturated carbocycles. The number of nitro groups is 1. The highest BCUT2D eigenvalue weighted by atomic mass is 16.6. The maximum atomic E-state index is 11.3. The molecule has 0 radical (unpaired) electrons. The second-order valence-electron chi connectivity index (χ2n) is 6.83. The number of non-ortho nitro benzene ring substituents is 1. The fourth-order valence-corrected chi connectivity index (χ4v) is 3.86. The van der Waals surface area contributed by atoms with Gasteiger partial charge in [0.15, 0.2) is 0 Å². The lowest BCUT2D eigenvalue weighted by Gasteiger charge is -2.30. The van der Waals surface area contributed by atoms with Crippen LogP contribution in [0.4, 0.5) is 5.69 Å². The monoisotopic (exact) mass is 363 g/mol. The molecule has 27 heavy (non-hydrogen) atoms. The summed E-state index contributed by atoms with van der Waals surface area (Å²) in [5.41, 5.74) is 2.95. The standard InChI is InChI=1S/C21H21N3O3/c25-20-10-2-1-6-17(20)15-23-13-5-12-22-11-4-9-19(22)21(23)16-7-3-8-18(14-16)24(26)27/h1-4,6-11,14,21,25H,5,12-13,15H2. The SMILES string of the molecule is O=[N+]([O-])c1cccc(C2c3cccn3CCCN2Cc2ccccc2O)c1. The van der Waals surface area contributed by atoms with E-state index in [2.05, 4.69) is 21.7 Å². The van der Waals surface area contributed by atoms with Crippen molar-refractivity contribution in [2.45, 2.75) is 25.6 Å². The van der Waals surface area contributed by atoms with Crippen molar-refractivity contribution in [3.05, 3.63) is 93.8 Å². The van der Waals surface area contributed by atoms with Gasteiger partial charge in [-0.25, -0.2) is 0 Å². The number of aromatic nitrogens is 1. The molecule has 0 amide bonds. The van der Waals surface area contributed by atoms with Crippen LogP contribution in [0.5, 0.6) is 5.75 Å². The number of aromatic hydroxyl groups is 1. The first kappa shape index (κ1) is 17.3. The van der Waals surface area contributed by atoms with Gasteiger partial charge in [0, 0.05) is 49.2 Å². The fraction of sp³-hybridized carbons (Fsp3) is 0.238. The summed E-state index contributed by atoms with van der Waals surface area (Å²) in [4.78, 5) is 13.2. The normalized spacial score (nSPS) is 17.3.